The number of hydrogen-bond donors (Lipinski definition) is 1. The van der Waals surface area contributed by atoms with E-state index in [4.69, 9.17) is 22.1 Å². The molecule has 6 heteroatoms. The Labute approximate surface area is 113 Å². The molecule has 2 heterocycles. The Kier molecular flexibility index (Phi) is 2.85. The molecule has 0 amide bonds. The average Bonchev–Trinajstić information content (AvgIpc) is 2.90. The first-order valence-electron chi connectivity index (χ1n) is 5.31. The van der Waals surface area contributed by atoms with Crippen LogP contribution >= 0.6 is 22.9 Å². The number of aromatic nitrogens is 2. The maximum absolute atomic E-state index is 5.89. The Balaban J connectivity index is 1.77. The van der Waals surface area contributed by atoms with Crippen LogP contribution in [0.5, 0.6) is 5.75 Å². The zero-order valence-corrected chi connectivity index (χ0v) is 10.9. The first-order valence-corrected chi connectivity index (χ1v) is 6.57. The smallest absolute Gasteiger partial charge is 0.193 e. The minimum Gasteiger partial charge on any atom is -0.485 e. The van der Waals surface area contributed by atoms with Crippen molar-refractivity contribution in [2.24, 2.45) is 0 Å². The summed E-state index contributed by atoms with van der Waals surface area (Å²) < 4.78 is 7.58. The molecule has 0 spiro atoms. The van der Waals surface area contributed by atoms with Gasteiger partial charge in [0.1, 0.15) is 12.4 Å². The highest BCUT2D eigenvalue weighted by Gasteiger charge is 2.05. The quantitative estimate of drug-likeness (QED) is 0.749. The Bertz CT molecular complexity index is 663. The van der Waals surface area contributed by atoms with Crippen LogP contribution in [0.3, 0.4) is 0 Å². The van der Waals surface area contributed by atoms with Gasteiger partial charge in [-0.2, -0.15) is 0 Å². The molecule has 4 nitrogen and oxygen atoms in total. The molecule has 0 saturated heterocycles. The number of benzene rings is 1. The van der Waals surface area contributed by atoms with Crippen LogP contribution < -0.4 is 10.5 Å². The lowest BCUT2D eigenvalue weighted by molar-refractivity contribution is 0.304. The minimum absolute atomic E-state index is 0.374. The zero-order chi connectivity index (χ0) is 12.5. The van der Waals surface area contributed by atoms with Crippen LogP contribution in [0.2, 0.25) is 5.02 Å². The molecule has 18 heavy (non-hydrogen) atoms. The fourth-order valence-electron chi connectivity index (χ4n) is 1.63. The predicted molar refractivity (Wildman–Crippen MR) is 73.3 cm³/mol. The summed E-state index contributed by atoms with van der Waals surface area (Å²) in [6.45, 7) is 0.374. The van der Waals surface area contributed by atoms with Crippen molar-refractivity contribution in [3.8, 4) is 5.75 Å². The average molecular weight is 280 g/mol. The second kappa shape index (κ2) is 4.51. The molecule has 0 aliphatic heterocycles. The van der Waals surface area contributed by atoms with Crippen molar-refractivity contribution in [1.82, 2.24) is 9.38 Å². The summed E-state index contributed by atoms with van der Waals surface area (Å²) in [5, 5.41) is 2.59. The summed E-state index contributed by atoms with van der Waals surface area (Å²) >= 11 is 7.48. The molecular weight excluding hydrogens is 270 g/mol. The molecule has 2 aromatic heterocycles. The van der Waals surface area contributed by atoms with E-state index in [0.29, 0.717) is 23.1 Å². The lowest BCUT2D eigenvalue weighted by Crippen LogP contribution is -1.98. The number of thiazole rings is 1. The van der Waals surface area contributed by atoms with E-state index < -0.39 is 0 Å². The van der Waals surface area contributed by atoms with E-state index in [9.17, 15) is 0 Å². The third kappa shape index (κ3) is 2.14. The molecule has 92 valence electrons. The fourth-order valence-corrected chi connectivity index (χ4v) is 2.51. The van der Waals surface area contributed by atoms with E-state index >= 15 is 0 Å². The summed E-state index contributed by atoms with van der Waals surface area (Å²) in [7, 11) is 0. The maximum Gasteiger partial charge on any atom is 0.193 e. The van der Waals surface area contributed by atoms with E-state index in [1.807, 2.05) is 22.2 Å². The van der Waals surface area contributed by atoms with Crippen molar-refractivity contribution in [3.63, 3.8) is 0 Å². The second-order valence-corrected chi connectivity index (χ2v) is 5.11. The number of ether oxygens (including phenoxy) is 1. The largest absolute Gasteiger partial charge is 0.485 e. The Morgan fingerprint density at radius 2 is 2.33 bits per heavy atom. The molecule has 0 aliphatic carbocycles. The minimum atomic E-state index is 0.374. The zero-order valence-electron chi connectivity index (χ0n) is 9.34. The molecule has 3 rings (SSSR count). The predicted octanol–water partition coefficient (Wildman–Crippen LogP) is 3.21. The number of nitrogens with zero attached hydrogens (tertiary/aromatic N) is 2. The summed E-state index contributed by atoms with van der Waals surface area (Å²) in [5.74, 6) is 0.582. The van der Waals surface area contributed by atoms with Crippen LogP contribution in [-0.4, -0.2) is 9.38 Å². The van der Waals surface area contributed by atoms with Crippen LogP contribution in [0.1, 0.15) is 5.69 Å². The highest BCUT2D eigenvalue weighted by Crippen LogP contribution is 2.26. The molecule has 0 aliphatic rings. The number of nitrogen functional groups attached to an aromatic ring is 1. The summed E-state index contributed by atoms with van der Waals surface area (Å²) in [6, 6.07) is 5.16. The first kappa shape index (κ1) is 11.4. The van der Waals surface area contributed by atoms with Crippen molar-refractivity contribution >= 4 is 33.6 Å². The lowest BCUT2D eigenvalue weighted by atomic mass is 10.3. The lowest BCUT2D eigenvalue weighted by Gasteiger charge is -2.07. The van der Waals surface area contributed by atoms with Crippen LogP contribution in [0.15, 0.2) is 36.0 Å². The van der Waals surface area contributed by atoms with Gasteiger partial charge in [0.15, 0.2) is 4.96 Å². The molecule has 0 fully saturated rings. The number of hydrogen-bond acceptors (Lipinski definition) is 4. The second-order valence-electron chi connectivity index (χ2n) is 3.80. The number of halogens is 1. The van der Waals surface area contributed by atoms with Crippen molar-refractivity contribution in [2.45, 2.75) is 6.61 Å². The molecule has 0 saturated carbocycles. The van der Waals surface area contributed by atoms with Gasteiger partial charge < -0.3 is 10.5 Å². The normalized spacial score (nSPS) is 10.9. The molecule has 0 unspecified atom stereocenters. The van der Waals surface area contributed by atoms with E-state index in [1.165, 1.54) is 0 Å². The summed E-state index contributed by atoms with van der Waals surface area (Å²) in [5.41, 5.74) is 7.23. The van der Waals surface area contributed by atoms with Gasteiger partial charge in [-0.1, -0.05) is 11.6 Å². The van der Waals surface area contributed by atoms with E-state index in [1.54, 1.807) is 29.5 Å². The molecule has 0 atom stereocenters. The highest BCUT2D eigenvalue weighted by atomic mass is 35.5. The van der Waals surface area contributed by atoms with E-state index in [-0.39, 0.29) is 0 Å². The molecule has 3 aromatic rings. The van der Waals surface area contributed by atoms with Crippen molar-refractivity contribution in [2.75, 3.05) is 5.73 Å². The summed E-state index contributed by atoms with van der Waals surface area (Å²) in [4.78, 5) is 5.37. The van der Waals surface area contributed by atoms with Crippen LogP contribution in [0, 0.1) is 0 Å². The number of imidazole rings is 1. The van der Waals surface area contributed by atoms with E-state index in [2.05, 4.69) is 4.98 Å². The van der Waals surface area contributed by atoms with Crippen molar-refractivity contribution < 1.29 is 4.74 Å². The number of anilines is 1. The van der Waals surface area contributed by atoms with Gasteiger partial charge in [0.2, 0.25) is 0 Å². The van der Waals surface area contributed by atoms with Crippen molar-refractivity contribution in [1.29, 1.82) is 0 Å². The third-order valence-electron chi connectivity index (χ3n) is 2.49. The molecular formula is C12H10ClN3OS. The highest BCUT2D eigenvalue weighted by molar-refractivity contribution is 7.15. The Morgan fingerprint density at radius 3 is 3.17 bits per heavy atom. The maximum atomic E-state index is 5.89. The van der Waals surface area contributed by atoms with Crippen molar-refractivity contribution in [3.05, 3.63) is 46.7 Å². The monoisotopic (exact) mass is 279 g/mol. The fraction of sp³-hybridized carbons (Fsp3) is 0.0833. The molecule has 1 aromatic carbocycles. The number of fused-ring (bicyclic) bond motifs is 1. The molecule has 2 N–H and O–H groups in total. The molecule has 0 bridgehead atoms. The molecule has 0 radical (unpaired) electrons. The number of rotatable bonds is 3. The van der Waals surface area contributed by atoms with Gasteiger partial charge in [0.05, 0.1) is 11.4 Å². The van der Waals surface area contributed by atoms with Gasteiger partial charge in [-0.15, -0.1) is 11.3 Å². The standard InChI is InChI=1S/C12H10ClN3OS/c13-8-1-2-10(14)11(5-8)17-7-9-6-16-3-4-18-12(16)15-9/h1-6H,7,14H2. The first-order chi connectivity index (χ1) is 8.72. The van der Waals surface area contributed by atoms with Gasteiger partial charge in [0, 0.05) is 28.9 Å². The Hall–Kier alpha value is -1.72. The van der Waals surface area contributed by atoms with Gasteiger partial charge in [-0.05, 0) is 12.1 Å². The van der Waals surface area contributed by atoms with Gasteiger partial charge in [-0.3, -0.25) is 4.40 Å². The van der Waals surface area contributed by atoms with Gasteiger partial charge in [-0.25, -0.2) is 4.98 Å². The summed E-state index contributed by atoms with van der Waals surface area (Å²) in [6.07, 6.45) is 3.90. The van der Waals surface area contributed by atoms with Crippen LogP contribution in [-0.2, 0) is 6.61 Å². The third-order valence-corrected chi connectivity index (χ3v) is 3.50. The SMILES string of the molecule is Nc1ccc(Cl)cc1OCc1cn2ccsc2n1. The van der Waals surface area contributed by atoms with E-state index in [0.717, 1.165) is 10.7 Å². The topological polar surface area (TPSA) is 52.5 Å². The number of nitrogens with two attached hydrogens (primary N) is 1. The van der Waals surface area contributed by atoms with Gasteiger partial charge in [0.25, 0.3) is 0 Å². The van der Waals surface area contributed by atoms with Crippen LogP contribution in [0.4, 0.5) is 5.69 Å². The Morgan fingerprint density at radius 1 is 1.44 bits per heavy atom. The van der Waals surface area contributed by atoms with Crippen LogP contribution in [0.25, 0.3) is 4.96 Å². The van der Waals surface area contributed by atoms with Gasteiger partial charge >= 0.3 is 0 Å².